The summed E-state index contributed by atoms with van der Waals surface area (Å²) in [5.41, 5.74) is 4.41. The predicted molar refractivity (Wildman–Crippen MR) is 176 cm³/mol. The highest BCUT2D eigenvalue weighted by atomic mass is 79.9. The molecule has 3 saturated heterocycles. The molecule has 1 aliphatic carbocycles. The van der Waals surface area contributed by atoms with Crippen LogP contribution in [0.2, 0.25) is 16.9 Å². The molecule has 6 rings (SSSR count). The molecule has 1 N–H and O–H groups in total. The Morgan fingerprint density at radius 2 is 1.64 bits per heavy atom. The minimum atomic E-state index is -0.389. The molecule has 1 aromatic carbocycles. The second-order valence-corrected chi connectivity index (χ2v) is 14.4. The van der Waals surface area contributed by atoms with Gasteiger partial charge in [-0.1, -0.05) is 45.2 Å². The monoisotopic (exact) mass is 672 g/mol. The maximum atomic E-state index is 13.1. The van der Waals surface area contributed by atoms with Crippen molar-refractivity contribution in [3.05, 3.63) is 62.9 Å². The van der Waals surface area contributed by atoms with Gasteiger partial charge in [-0.25, -0.2) is 0 Å². The highest BCUT2D eigenvalue weighted by Crippen LogP contribution is 2.44. The van der Waals surface area contributed by atoms with Crippen molar-refractivity contribution in [2.75, 3.05) is 39.3 Å². The number of pyridine rings is 1. The van der Waals surface area contributed by atoms with E-state index in [1.54, 1.807) is 6.20 Å². The standard InChI is InChI=1S/C32H40BBrCl2N4O2/c1-33(42)40-14-4-21(5-15-40)16-30(41)38-10-6-22(7-11-38)23-8-12-39(13-9-23)32-27-3-2-25(35)17-24(27)18-29(34)28-19-26(36)20-37-31(28)32/h2-3,17-23,32,42H,4-16H2,1H3. The lowest BCUT2D eigenvalue weighted by Crippen LogP contribution is -2.45. The Balaban J connectivity index is 1.06. The highest BCUT2D eigenvalue weighted by Gasteiger charge is 2.36. The molecule has 0 bridgehead atoms. The van der Waals surface area contributed by atoms with E-state index in [1.807, 2.05) is 25.0 Å². The van der Waals surface area contributed by atoms with Gasteiger partial charge < -0.3 is 14.7 Å². The molecule has 1 aromatic heterocycles. The molecule has 0 radical (unpaired) electrons. The second kappa shape index (κ2) is 13.3. The van der Waals surface area contributed by atoms with E-state index >= 15 is 0 Å². The number of hydrogen-bond donors (Lipinski definition) is 1. The van der Waals surface area contributed by atoms with Crippen molar-refractivity contribution in [2.45, 2.75) is 57.8 Å². The van der Waals surface area contributed by atoms with E-state index in [0.717, 1.165) is 104 Å². The van der Waals surface area contributed by atoms with Crippen LogP contribution in [0.15, 0.2) is 30.5 Å². The average molecular weight is 674 g/mol. The van der Waals surface area contributed by atoms with Crippen LogP contribution in [0.25, 0.3) is 10.6 Å². The summed E-state index contributed by atoms with van der Waals surface area (Å²) in [6.45, 7) is 7.43. The first kappa shape index (κ1) is 30.6. The largest absolute Gasteiger partial charge is 0.437 e. The summed E-state index contributed by atoms with van der Waals surface area (Å²) in [7, 11) is -0.389. The molecular formula is C32H40BBrCl2N4O2. The lowest BCUT2D eigenvalue weighted by molar-refractivity contribution is -0.134. The van der Waals surface area contributed by atoms with Gasteiger partial charge in [0.15, 0.2) is 0 Å². The number of carbonyl (C=O) groups is 1. The number of likely N-dealkylation sites (tertiary alicyclic amines) is 2. The third-order valence-corrected chi connectivity index (χ3v) is 11.3. The van der Waals surface area contributed by atoms with Crippen molar-refractivity contribution >= 4 is 62.6 Å². The van der Waals surface area contributed by atoms with E-state index in [4.69, 9.17) is 28.2 Å². The quantitative estimate of drug-likeness (QED) is 0.352. The lowest BCUT2D eigenvalue weighted by Gasteiger charge is -2.43. The van der Waals surface area contributed by atoms with Gasteiger partial charge in [-0.05, 0) is 125 Å². The summed E-state index contributed by atoms with van der Waals surface area (Å²) in [6.07, 6.45) is 11.1. The minimum Gasteiger partial charge on any atom is -0.437 e. The van der Waals surface area contributed by atoms with Crippen molar-refractivity contribution < 1.29 is 9.82 Å². The highest BCUT2D eigenvalue weighted by molar-refractivity contribution is 9.15. The van der Waals surface area contributed by atoms with Crippen molar-refractivity contribution in [2.24, 2.45) is 17.8 Å². The van der Waals surface area contributed by atoms with Crippen LogP contribution in [0.1, 0.15) is 73.4 Å². The molecule has 42 heavy (non-hydrogen) atoms. The fourth-order valence-electron chi connectivity index (χ4n) is 7.69. The Labute approximate surface area is 268 Å². The smallest absolute Gasteiger partial charge is 0.376 e. The molecule has 4 aliphatic rings. The normalized spacial score (nSPS) is 23.2. The summed E-state index contributed by atoms with van der Waals surface area (Å²) in [5.74, 6) is 2.16. The van der Waals surface area contributed by atoms with E-state index in [9.17, 15) is 9.82 Å². The Kier molecular flexibility index (Phi) is 9.69. The maximum absolute atomic E-state index is 13.1. The number of benzene rings is 1. The van der Waals surface area contributed by atoms with Gasteiger partial charge in [-0.2, -0.15) is 0 Å². The van der Waals surface area contributed by atoms with Crippen LogP contribution in [-0.4, -0.2) is 76.8 Å². The number of hydrogen-bond acceptors (Lipinski definition) is 5. The summed E-state index contributed by atoms with van der Waals surface area (Å²) in [5, 5.41) is 11.2. The SMILES string of the molecule is CB(O)N1CCC(CC(=O)N2CCC(C3CCN(C4c5ccc(Cl)cc5C=C(Br)c5cc(Cl)cnc54)CC3)CC2)CC1. The number of amides is 1. The van der Waals surface area contributed by atoms with Gasteiger partial charge >= 0.3 is 7.05 Å². The molecule has 6 nitrogen and oxygen atoms in total. The van der Waals surface area contributed by atoms with Crippen molar-refractivity contribution in [1.29, 1.82) is 0 Å². The molecule has 1 unspecified atom stereocenters. The van der Waals surface area contributed by atoms with E-state index in [-0.39, 0.29) is 13.1 Å². The number of halogens is 3. The Morgan fingerprint density at radius 3 is 2.31 bits per heavy atom. The topological polar surface area (TPSA) is 59.9 Å². The van der Waals surface area contributed by atoms with Crippen LogP contribution in [0.4, 0.5) is 0 Å². The molecule has 3 fully saturated rings. The number of nitrogens with zero attached hydrogens (tertiary/aromatic N) is 4. The van der Waals surface area contributed by atoms with Gasteiger partial charge in [0.25, 0.3) is 0 Å². The van der Waals surface area contributed by atoms with Crippen molar-refractivity contribution in [3.63, 3.8) is 0 Å². The van der Waals surface area contributed by atoms with Gasteiger partial charge in [0.05, 0.1) is 16.8 Å². The molecule has 3 aliphatic heterocycles. The van der Waals surface area contributed by atoms with E-state index in [1.165, 1.54) is 5.56 Å². The summed E-state index contributed by atoms with van der Waals surface area (Å²) < 4.78 is 0.972. The average Bonchev–Trinajstić information content (AvgIpc) is 3.10. The lowest BCUT2D eigenvalue weighted by atomic mass is 9.78. The fourth-order valence-corrected chi connectivity index (χ4v) is 8.59. The van der Waals surface area contributed by atoms with Crippen molar-refractivity contribution in [3.8, 4) is 0 Å². The predicted octanol–water partition coefficient (Wildman–Crippen LogP) is 6.85. The molecular weight excluding hydrogens is 634 g/mol. The third-order valence-electron chi connectivity index (χ3n) is 10.2. The molecule has 0 spiro atoms. The number of carbonyl (C=O) groups excluding carboxylic acids is 1. The van der Waals surface area contributed by atoms with Crippen LogP contribution in [0.5, 0.6) is 0 Å². The molecule has 1 amide bonds. The molecule has 2 aromatic rings. The zero-order valence-electron chi connectivity index (χ0n) is 24.3. The van der Waals surface area contributed by atoms with Gasteiger partial charge in [0, 0.05) is 40.8 Å². The van der Waals surface area contributed by atoms with E-state index in [0.29, 0.717) is 35.1 Å². The van der Waals surface area contributed by atoms with Gasteiger partial charge in [-0.15, -0.1) is 0 Å². The molecule has 10 heteroatoms. The van der Waals surface area contributed by atoms with Crippen LogP contribution in [-0.2, 0) is 4.79 Å². The Bertz CT molecular complexity index is 1320. The summed E-state index contributed by atoms with van der Waals surface area (Å²) in [4.78, 5) is 24.8. The second-order valence-electron chi connectivity index (χ2n) is 12.7. The number of rotatable bonds is 5. The first-order valence-corrected chi connectivity index (χ1v) is 17.1. The summed E-state index contributed by atoms with van der Waals surface area (Å²) in [6, 6.07) is 8.23. The minimum absolute atomic E-state index is 0.0451. The zero-order chi connectivity index (χ0) is 29.4. The Morgan fingerprint density at radius 1 is 0.976 bits per heavy atom. The molecule has 0 saturated carbocycles. The van der Waals surface area contributed by atoms with E-state index < -0.39 is 0 Å². The van der Waals surface area contributed by atoms with Crippen LogP contribution in [0, 0.1) is 17.8 Å². The Hall–Kier alpha value is -1.42. The van der Waals surface area contributed by atoms with Gasteiger partial charge in [-0.3, -0.25) is 14.7 Å². The van der Waals surface area contributed by atoms with Gasteiger partial charge in [0.1, 0.15) is 0 Å². The van der Waals surface area contributed by atoms with Crippen molar-refractivity contribution in [1.82, 2.24) is 19.6 Å². The fraction of sp³-hybridized carbons (Fsp3) is 0.562. The third kappa shape index (κ3) is 6.64. The maximum Gasteiger partial charge on any atom is 0.376 e. The first-order chi connectivity index (χ1) is 20.3. The van der Waals surface area contributed by atoms with Crippen LogP contribution < -0.4 is 0 Å². The zero-order valence-corrected chi connectivity index (χ0v) is 27.4. The number of aromatic nitrogens is 1. The van der Waals surface area contributed by atoms with Gasteiger partial charge in [0.2, 0.25) is 5.91 Å². The van der Waals surface area contributed by atoms with E-state index in [2.05, 4.69) is 42.7 Å². The number of piperidine rings is 3. The molecule has 224 valence electrons. The molecule has 4 heterocycles. The summed E-state index contributed by atoms with van der Waals surface area (Å²) >= 11 is 16.6. The molecule has 1 atom stereocenters. The number of fused-ring (bicyclic) bond motifs is 2. The first-order valence-electron chi connectivity index (χ1n) is 15.5. The van der Waals surface area contributed by atoms with Crippen LogP contribution in [0.3, 0.4) is 0 Å². The van der Waals surface area contributed by atoms with Crippen LogP contribution >= 0.6 is 39.1 Å².